The summed E-state index contributed by atoms with van der Waals surface area (Å²) in [6.07, 6.45) is 2.86. The Bertz CT molecular complexity index is 610. The molecule has 0 spiro atoms. The second-order valence-corrected chi connectivity index (χ2v) is 6.48. The molecule has 3 N–H and O–H groups in total. The quantitative estimate of drug-likeness (QED) is 0.204. The zero-order valence-corrected chi connectivity index (χ0v) is 18.5. The van der Waals surface area contributed by atoms with Gasteiger partial charge in [-0.25, -0.2) is 4.39 Å². The molecule has 1 amide bonds. The Labute approximate surface area is 178 Å². The van der Waals surface area contributed by atoms with Gasteiger partial charge in [0.1, 0.15) is 5.82 Å². The summed E-state index contributed by atoms with van der Waals surface area (Å²) in [7, 11) is 1.88. The molecule has 1 fully saturated rings. The lowest BCUT2D eigenvalue weighted by Crippen LogP contribution is -2.41. The number of aliphatic imine (C=N–C) groups is 1. The minimum Gasteiger partial charge on any atom is -0.372 e. The Kier molecular flexibility index (Phi) is 11.1. The molecular formula is C19H31FIN5O. The molecule has 8 heteroatoms. The van der Waals surface area contributed by atoms with Gasteiger partial charge < -0.3 is 20.9 Å². The van der Waals surface area contributed by atoms with Crippen molar-refractivity contribution in [2.75, 3.05) is 44.7 Å². The summed E-state index contributed by atoms with van der Waals surface area (Å²) in [4.78, 5) is 18.0. The molecule has 1 aromatic rings. The van der Waals surface area contributed by atoms with E-state index in [4.69, 9.17) is 0 Å². The van der Waals surface area contributed by atoms with Crippen LogP contribution in [-0.2, 0) is 4.79 Å². The molecule has 0 heterocycles. The summed E-state index contributed by atoms with van der Waals surface area (Å²) in [5.41, 5.74) is 0.605. The van der Waals surface area contributed by atoms with Crippen LogP contribution in [0.15, 0.2) is 29.3 Å². The molecule has 6 nitrogen and oxygen atoms in total. The van der Waals surface area contributed by atoms with Gasteiger partial charge in [0.25, 0.3) is 0 Å². The number of amides is 1. The molecule has 0 aliphatic heterocycles. The number of hydrogen-bond donors (Lipinski definition) is 3. The predicted molar refractivity (Wildman–Crippen MR) is 119 cm³/mol. The molecule has 1 saturated carbocycles. The fraction of sp³-hybridized carbons (Fsp3) is 0.579. The third kappa shape index (κ3) is 8.77. The van der Waals surface area contributed by atoms with Gasteiger partial charge in [0.05, 0.1) is 5.69 Å². The van der Waals surface area contributed by atoms with Crippen LogP contribution in [0, 0.1) is 11.7 Å². The molecule has 1 aliphatic rings. The molecular weight excluding hydrogens is 460 g/mol. The number of hydrogen-bond acceptors (Lipinski definition) is 3. The highest BCUT2D eigenvalue weighted by atomic mass is 127. The number of carbonyl (C=O) groups excluding carboxylic acids is 1. The van der Waals surface area contributed by atoms with Crippen molar-refractivity contribution in [3.63, 3.8) is 0 Å². The van der Waals surface area contributed by atoms with Crippen molar-refractivity contribution in [3.05, 3.63) is 30.1 Å². The number of para-hydroxylation sites is 1. The molecule has 0 unspecified atom stereocenters. The fourth-order valence-electron chi connectivity index (χ4n) is 2.58. The third-order valence-corrected chi connectivity index (χ3v) is 4.19. The lowest BCUT2D eigenvalue weighted by atomic mass is 10.2. The third-order valence-electron chi connectivity index (χ3n) is 4.19. The van der Waals surface area contributed by atoms with E-state index in [1.165, 1.54) is 6.07 Å². The fourth-order valence-corrected chi connectivity index (χ4v) is 2.58. The molecule has 1 aromatic carbocycles. The Morgan fingerprint density at radius 3 is 2.59 bits per heavy atom. The second kappa shape index (κ2) is 12.7. The van der Waals surface area contributed by atoms with E-state index in [9.17, 15) is 9.18 Å². The summed E-state index contributed by atoms with van der Waals surface area (Å²) in [6.45, 7) is 5.38. The molecule has 152 valence electrons. The van der Waals surface area contributed by atoms with Crippen molar-refractivity contribution >= 4 is 41.5 Å². The number of halogens is 2. The second-order valence-electron chi connectivity index (χ2n) is 6.48. The summed E-state index contributed by atoms with van der Waals surface area (Å²) >= 11 is 0. The van der Waals surface area contributed by atoms with Crippen LogP contribution in [0.3, 0.4) is 0 Å². The predicted octanol–water partition coefficient (Wildman–Crippen LogP) is 2.35. The summed E-state index contributed by atoms with van der Waals surface area (Å²) < 4.78 is 13.7. The van der Waals surface area contributed by atoms with Crippen LogP contribution in [0.2, 0.25) is 0 Å². The number of rotatable bonds is 10. The van der Waals surface area contributed by atoms with E-state index < -0.39 is 0 Å². The molecule has 0 aromatic heterocycles. The normalized spacial score (nSPS) is 13.5. The van der Waals surface area contributed by atoms with Gasteiger partial charge in [-0.1, -0.05) is 12.1 Å². The summed E-state index contributed by atoms with van der Waals surface area (Å²) in [6, 6.07) is 6.78. The van der Waals surface area contributed by atoms with Gasteiger partial charge in [-0.05, 0) is 38.3 Å². The van der Waals surface area contributed by atoms with Gasteiger partial charge in [0.2, 0.25) is 5.91 Å². The van der Waals surface area contributed by atoms with E-state index in [1.807, 2.05) is 24.9 Å². The highest BCUT2D eigenvalue weighted by Crippen LogP contribution is 2.28. The van der Waals surface area contributed by atoms with Crippen LogP contribution in [-0.4, -0.2) is 51.6 Å². The Hall–Kier alpha value is -1.58. The Balaban J connectivity index is 0.00000364. The molecule has 0 bridgehead atoms. The van der Waals surface area contributed by atoms with Crippen LogP contribution in [0.25, 0.3) is 0 Å². The maximum absolute atomic E-state index is 13.7. The average Bonchev–Trinajstić information content (AvgIpc) is 3.47. The van der Waals surface area contributed by atoms with E-state index in [0.717, 1.165) is 38.3 Å². The molecule has 0 saturated heterocycles. The first-order valence-corrected chi connectivity index (χ1v) is 9.37. The minimum absolute atomic E-state index is 0. The van der Waals surface area contributed by atoms with E-state index >= 15 is 0 Å². The number of carbonyl (C=O) groups is 1. The monoisotopic (exact) mass is 491 g/mol. The molecule has 27 heavy (non-hydrogen) atoms. The Morgan fingerprint density at radius 2 is 1.93 bits per heavy atom. The van der Waals surface area contributed by atoms with Gasteiger partial charge in [0.15, 0.2) is 5.96 Å². The first-order valence-electron chi connectivity index (χ1n) is 9.37. The number of benzene rings is 1. The van der Waals surface area contributed by atoms with Gasteiger partial charge in [-0.3, -0.25) is 9.79 Å². The molecule has 2 rings (SSSR count). The van der Waals surface area contributed by atoms with Crippen molar-refractivity contribution in [2.45, 2.75) is 26.2 Å². The van der Waals surface area contributed by atoms with E-state index in [2.05, 4.69) is 20.9 Å². The van der Waals surface area contributed by atoms with Gasteiger partial charge >= 0.3 is 0 Å². The molecule has 1 aliphatic carbocycles. The highest BCUT2D eigenvalue weighted by Gasteiger charge is 2.28. The number of nitrogens with zero attached hydrogens (tertiary/aromatic N) is 2. The van der Waals surface area contributed by atoms with Crippen LogP contribution in [0.5, 0.6) is 0 Å². The molecule has 0 radical (unpaired) electrons. The Morgan fingerprint density at radius 1 is 1.22 bits per heavy atom. The topological polar surface area (TPSA) is 68.8 Å². The van der Waals surface area contributed by atoms with Crippen LogP contribution in [0.4, 0.5) is 10.1 Å². The zero-order chi connectivity index (χ0) is 18.8. The van der Waals surface area contributed by atoms with Gasteiger partial charge in [-0.15, -0.1) is 24.0 Å². The highest BCUT2D eigenvalue weighted by molar-refractivity contribution is 14.0. The van der Waals surface area contributed by atoms with Gasteiger partial charge in [0, 0.05) is 45.7 Å². The lowest BCUT2D eigenvalue weighted by Gasteiger charge is -2.19. The lowest BCUT2D eigenvalue weighted by molar-refractivity contribution is -0.122. The first kappa shape index (κ1) is 23.5. The summed E-state index contributed by atoms with van der Waals surface area (Å²) in [5.74, 6) is 0.928. The largest absolute Gasteiger partial charge is 0.372 e. The van der Waals surface area contributed by atoms with E-state index in [-0.39, 0.29) is 41.6 Å². The van der Waals surface area contributed by atoms with Crippen LogP contribution >= 0.6 is 24.0 Å². The van der Waals surface area contributed by atoms with Gasteiger partial charge in [-0.2, -0.15) is 0 Å². The number of guanidine groups is 1. The standard InChI is InChI=1S/C19H30FN5O.HI/c1-3-21-19(24-13-12-22-18(26)15-9-10-15)23-11-6-14-25(2)17-8-5-4-7-16(17)20;/h4-5,7-8,15H,3,6,9-14H2,1-2H3,(H,22,26)(H2,21,23,24);1H. The van der Waals surface area contributed by atoms with Crippen LogP contribution < -0.4 is 20.9 Å². The maximum Gasteiger partial charge on any atom is 0.223 e. The van der Waals surface area contributed by atoms with Crippen LogP contribution in [0.1, 0.15) is 26.2 Å². The summed E-state index contributed by atoms with van der Waals surface area (Å²) in [5, 5.41) is 9.32. The number of nitrogens with one attached hydrogen (secondary N) is 3. The zero-order valence-electron chi connectivity index (χ0n) is 16.1. The maximum atomic E-state index is 13.7. The SMILES string of the molecule is CCNC(=NCCCN(C)c1ccccc1F)NCCNC(=O)C1CC1.I. The van der Waals surface area contributed by atoms with Crippen molar-refractivity contribution < 1.29 is 9.18 Å². The minimum atomic E-state index is -0.207. The van der Waals surface area contributed by atoms with Crippen molar-refractivity contribution in [3.8, 4) is 0 Å². The van der Waals surface area contributed by atoms with Crippen molar-refractivity contribution in [1.82, 2.24) is 16.0 Å². The first-order chi connectivity index (χ1) is 12.6. The van der Waals surface area contributed by atoms with E-state index in [1.54, 1.807) is 12.1 Å². The van der Waals surface area contributed by atoms with Crippen molar-refractivity contribution in [1.29, 1.82) is 0 Å². The average molecular weight is 491 g/mol. The molecule has 0 atom stereocenters. The smallest absolute Gasteiger partial charge is 0.223 e. The van der Waals surface area contributed by atoms with E-state index in [0.29, 0.717) is 25.3 Å². The number of anilines is 1. The van der Waals surface area contributed by atoms with Crippen molar-refractivity contribution in [2.24, 2.45) is 10.9 Å².